The van der Waals surface area contributed by atoms with Crippen LogP contribution in [0.2, 0.25) is 0 Å². The summed E-state index contributed by atoms with van der Waals surface area (Å²) in [4.78, 5) is 16.2. The maximum Gasteiger partial charge on any atom is 0.256 e. The highest BCUT2D eigenvalue weighted by atomic mass is 16.5. The van der Waals surface area contributed by atoms with E-state index in [1.165, 1.54) is 0 Å². The first kappa shape index (κ1) is 17.4. The molecule has 6 nitrogen and oxygen atoms in total. The van der Waals surface area contributed by atoms with Crippen molar-refractivity contribution in [2.24, 2.45) is 0 Å². The summed E-state index contributed by atoms with van der Waals surface area (Å²) < 4.78 is 16.0. The Labute approximate surface area is 125 Å². The van der Waals surface area contributed by atoms with Gasteiger partial charge < -0.3 is 19.5 Å². The molecule has 0 radical (unpaired) electrons. The fourth-order valence-electron chi connectivity index (χ4n) is 1.60. The van der Waals surface area contributed by atoms with E-state index in [1.807, 2.05) is 13.8 Å². The number of hydrogen-bond donors (Lipinski definition) is 1. The smallest absolute Gasteiger partial charge is 0.256 e. The van der Waals surface area contributed by atoms with Crippen LogP contribution in [0.4, 0.5) is 5.69 Å². The van der Waals surface area contributed by atoms with E-state index < -0.39 is 5.60 Å². The van der Waals surface area contributed by atoms with Gasteiger partial charge >= 0.3 is 0 Å². The predicted molar refractivity (Wildman–Crippen MR) is 80.6 cm³/mol. The minimum atomic E-state index is -0.874. The molecule has 0 aliphatic heterocycles. The molecule has 0 saturated heterocycles. The maximum atomic E-state index is 12.0. The Morgan fingerprint density at radius 2 is 2.00 bits per heavy atom. The molecule has 1 aromatic rings. The zero-order chi connectivity index (χ0) is 15.7. The van der Waals surface area contributed by atoms with Gasteiger partial charge in [0.15, 0.2) is 0 Å². The first-order chi connectivity index (χ1) is 9.99. The third kappa shape index (κ3) is 6.10. The molecule has 1 aromatic heterocycles. The molecule has 21 heavy (non-hydrogen) atoms. The van der Waals surface area contributed by atoms with Crippen molar-refractivity contribution in [3.63, 3.8) is 0 Å². The number of nitrogens with one attached hydrogen (secondary N) is 1. The summed E-state index contributed by atoms with van der Waals surface area (Å²) in [6.07, 6.45) is 1.55. The minimum absolute atomic E-state index is 0.212. The number of rotatable bonds is 9. The van der Waals surface area contributed by atoms with Crippen molar-refractivity contribution >= 4 is 11.6 Å². The zero-order valence-corrected chi connectivity index (χ0v) is 13.1. The molecule has 0 bridgehead atoms. The topological polar surface area (TPSA) is 69.7 Å². The molecule has 0 spiro atoms. The number of ether oxygens (including phenoxy) is 3. The molecule has 0 aromatic carbocycles. The van der Waals surface area contributed by atoms with Crippen LogP contribution in [0.25, 0.3) is 0 Å². The Morgan fingerprint density at radius 1 is 1.24 bits per heavy atom. The van der Waals surface area contributed by atoms with Crippen LogP contribution < -0.4 is 10.1 Å². The summed E-state index contributed by atoms with van der Waals surface area (Å²) in [5.41, 5.74) is -0.272. The van der Waals surface area contributed by atoms with Gasteiger partial charge in [0, 0.05) is 19.3 Å². The van der Waals surface area contributed by atoms with Crippen LogP contribution in [0, 0.1) is 0 Å². The summed E-state index contributed by atoms with van der Waals surface area (Å²) in [6.45, 7) is 9.35. The third-order valence-corrected chi connectivity index (χ3v) is 2.73. The lowest BCUT2D eigenvalue weighted by Gasteiger charge is -2.23. The Kier molecular flexibility index (Phi) is 7.11. The Bertz CT molecular complexity index is 432. The van der Waals surface area contributed by atoms with E-state index in [0.717, 1.165) is 0 Å². The normalized spacial score (nSPS) is 11.2. The van der Waals surface area contributed by atoms with Crippen molar-refractivity contribution in [2.45, 2.75) is 33.3 Å². The van der Waals surface area contributed by atoms with Gasteiger partial charge in [-0.15, -0.1) is 0 Å². The van der Waals surface area contributed by atoms with Crippen LogP contribution >= 0.6 is 0 Å². The quantitative estimate of drug-likeness (QED) is 0.708. The molecule has 0 atom stereocenters. The Morgan fingerprint density at radius 3 is 2.57 bits per heavy atom. The standard InChI is InChI=1S/C15H24N2O4/c1-5-19-9-10-20-13-8-7-12(11-16-13)17-14(18)15(3,4)21-6-2/h7-8,11H,5-6,9-10H2,1-4H3,(H,17,18). The molecule has 1 amide bonds. The summed E-state index contributed by atoms with van der Waals surface area (Å²) in [7, 11) is 0. The molecule has 118 valence electrons. The molecule has 0 unspecified atom stereocenters. The number of nitrogens with zero attached hydrogens (tertiary/aromatic N) is 1. The molecule has 0 saturated carbocycles. The molecule has 0 aliphatic carbocycles. The van der Waals surface area contributed by atoms with Crippen molar-refractivity contribution in [3.05, 3.63) is 18.3 Å². The molecular formula is C15H24N2O4. The summed E-state index contributed by atoms with van der Waals surface area (Å²) in [5, 5.41) is 2.76. The molecule has 0 fully saturated rings. The van der Waals surface area contributed by atoms with E-state index in [0.29, 0.717) is 38.0 Å². The minimum Gasteiger partial charge on any atom is -0.475 e. The van der Waals surface area contributed by atoms with Crippen LogP contribution in [-0.2, 0) is 14.3 Å². The number of aromatic nitrogens is 1. The second kappa shape index (κ2) is 8.59. The predicted octanol–water partition coefficient (Wildman–Crippen LogP) is 2.25. The fraction of sp³-hybridized carbons (Fsp3) is 0.600. The molecule has 6 heteroatoms. The molecule has 1 rings (SSSR count). The van der Waals surface area contributed by atoms with Crippen molar-refractivity contribution in [1.29, 1.82) is 0 Å². The van der Waals surface area contributed by atoms with Crippen LogP contribution in [0.15, 0.2) is 18.3 Å². The first-order valence-corrected chi connectivity index (χ1v) is 7.11. The van der Waals surface area contributed by atoms with E-state index in [-0.39, 0.29) is 5.91 Å². The van der Waals surface area contributed by atoms with Crippen molar-refractivity contribution in [2.75, 3.05) is 31.7 Å². The second-order valence-corrected chi connectivity index (χ2v) is 4.83. The Balaban J connectivity index is 2.49. The van der Waals surface area contributed by atoms with Gasteiger partial charge in [0.05, 0.1) is 18.5 Å². The lowest BCUT2D eigenvalue weighted by atomic mass is 10.1. The van der Waals surface area contributed by atoms with E-state index >= 15 is 0 Å². The van der Waals surface area contributed by atoms with Gasteiger partial charge in [-0.1, -0.05) is 0 Å². The van der Waals surface area contributed by atoms with Crippen LogP contribution in [-0.4, -0.2) is 42.9 Å². The van der Waals surface area contributed by atoms with Gasteiger partial charge in [-0.05, 0) is 33.8 Å². The van der Waals surface area contributed by atoms with Gasteiger partial charge in [0.25, 0.3) is 5.91 Å². The van der Waals surface area contributed by atoms with Gasteiger partial charge in [0.2, 0.25) is 5.88 Å². The SMILES string of the molecule is CCOCCOc1ccc(NC(=O)C(C)(C)OCC)cn1. The monoisotopic (exact) mass is 296 g/mol. The highest BCUT2D eigenvalue weighted by Gasteiger charge is 2.27. The molecule has 1 heterocycles. The van der Waals surface area contributed by atoms with Gasteiger partial charge in [-0.25, -0.2) is 4.98 Å². The summed E-state index contributed by atoms with van der Waals surface area (Å²) in [6, 6.07) is 3.44. The number of amides is 1. The summed E-state index contributed by atoms with van der Waals surface area (Å²) in [5.74, 6) is 0.285. The lowest BCUT2D eigenvalue weighted by molar-refractivity contribution is -0.136. The lowest BCUT2D eigenvalue weighted by Crippen LogP contribution is -2.39. The first-order valence-electron chi connectivity index (χ1n) is 7.11. The number of anilines is 1. The maximum absolute atomic E-state index is 12.0. The zero-order valence-electron chi connectivity index (χ0n) is 13.1. The Hall–Kier alpha value is -1.66. The fourth-order valence-corrected chi connectivity index (χ4v) is 1.60. The van der Waals surface area contributed by atoms with E-state index in [1.54, 1.807) is 32.2 Å². The van der Waals surface area contributed by atoms with E-state index in [4.69, 9.17) is 14.2 Å². The highest BCUT2D eigenvalue weighted by molar-refractivity contribution is 5.96. The second-order valence-electron chi connectivity index (χ2n) is 4.83. The molecular weight excluding hydrogens is 272 g/mol. The van der Waals surface area contributed by atoms with Crippen LogP contribution in [0.3, 0.4) is 0 Å². The summed E-state index contributed by atoms with van der Waals surface area (Å²) >= 11 is 0. The number of pyridine rings is 1. The largest absolute Gasteiger partial charge is 0.475 e. The molecule has 0 aliphatic rings. The number of carbonyl (C=O) groups excluding carboxylic acids is 1. The van der Waals surface area contributed by atoms with Gasteiger partial charge in [-0.2, -0.15) is 0 Å². The van der Waals surface area contributed by atoms with Gasteiger partial charge in [0.1, 0.15) is 12.2 Å². The van der Waals surface area contributed by atoms with Crippen molar-refractivity contribution < 1.29 is 19.0 Å². The van der Waals surface area contributed by atoms with E-state index in [9.17, 15) is 4.79 Å². The number of hydrogen-bond acceptors (Lipinski definition) is 5. The van der Waals surface area contributed by atoms with Crippen molar-refractivity contribution in [1.82, 2.24) is 4.98 Å². The average molecular weight is 296 g/mol. The average Bonchev–Trinajstić information content (AvgIpc) is 2.45. The highest BCUT2D eigenvalue weighted by Crippen LogP contribution is 2.16. The van der Waals surface area contributed by atoms with Crippen LogP contribution in [0.1, 0.15) is 27.7 Å². The number of carbonyl (C=O) groups is 1. The molecule has 1 N–H and O–H groups in total. The van der Waals surface area contributed by atoms with Gasteiger partial charge in [-0.3, -0.25) is 4.79 Å². The van der Waals surface area contributed by atoms with E-state index in [2.05, 4.69) is 10.3 Å². The third-order valence-electron chi connectivity index (χ3n) is 2.73. The van der Waals surface area contributed by atoms with Crippen molar-refractivity contribution in [3.8, 4) is 5.88 Å². The van der Waals surface area contributed by atoms with Crippen LogP contribution in [0.5, 0.6) is 5.88 Å².